The van der Waals surface area contributed by atoms with E-state index < -0.39 is 0 Å². The van der Waals surface area contributed by atoms with E-state index in [0.29, 0.717) is 0 Å². The second kappa shape index (κ2) is 5.33. The molecule has 0 aliphatic carbocycles. The SMILES string of the molecule is Cc1ccc(CCC2(C#N)CCCCN2)cc1. The Kier molecular flexibility index (Phi) is 3.81. The highest BCUT2D eigenvalue weighted by molar-refractivity contribution is 5.22. The van der Waals surface area contributed by atoms with E-state index in [4.69, 9.17) is 0 Å². The monoisotopic (exact) mass is 228 g/mol. The molecular weight excluding hydrogens is 208 g/mol. The predicted molar refractivity (Wildman–Crippen MR) is 69.7 cm³/mol. The first kappa shape index (κ1) is 12.1. The van der Waals surface area contributed by atoms with E-state index >= 15 is 0 Å². The fraction of sp³-hybridized carbons (Fsp3) is 0.533. The van der Waals surface area contributed by atoms with Gasteiger partial charge in [-0.05, 0) is 51.1 Å². The average Bonchev–Trinajstić information content (AvgIpc) is 2.39. The summed E-state index contributed by atoms with van der Waals surface area (Å²) in [5, 5.41) is 12.8. The van der Waals surface area contributed by atoms with E-state index in [2.05, 4.69) is 42.6 Å². The van der Waals surface area contributed by atoms with Crippen molar-refractivity contribution in [2.75, 3.05) is 6.54 Å². The Bertz CT molecular complexity index is 394. The second-order valence-corrected chi connectivity index (χ2v) is 5.06. The van der Waals surface area contributed by atoms with Crippen LogP contribution in [0.5, 0.6) is 0 Å². The van der Waals surface area contributed by atoms with E-state index in [0.717, 1.165) is 25.8 Å². The van der Waals surface area contributed by atoms with Crippen LogP contribution >= 0.6 is 0 Å². The number of aryl methyl sites for hydroxylation is 2. The van der Waals surface area contributed by atoms with Crippen molar-refractivity contribution in [3.05, 3.63) is 35.4 Å². The zero-order valence-electron chi connectivity index (χ0n) is 10.5. The lowest BCUT2D eigenvalue weighted by Gasteiger charge is -2.32. The molecule has 1 aromatic carbocycles. The van der Waals surface area contributed by atoms with Crippen LogP contribution in [0.25, 0.3) is 0 Å². The number of nitriles is 1. The molecule has 1 aliphatic rings. The molecule has 1 heterocycles. The van der Waals surface area contributed by atoms with Crippen molar-refractivity contribution in [1.29, 1.82) is 5.26 Å². The van der Waals surface area contributed by atoms with E-state index in [1.165, 1.54) is 24.0 Å². The number of hydrogen-bond donors (Lipinski definition) is 1. The van der Waals surface area contributed by atoms with Crippen molar-refractivity contribution >= 4 is 0 Å². The zero-order valence-corrected chi connectivity index (χ0v) is 10.5. The Morgan fingerprint density at radius 2 is 2.06 bits per heavy atom. The lowest BCUT2D eigenvalue weighted by Crippen LogP contribution is -2.47. The van der Waals surface area contributed by atoms with Gasteiger partial charge in [0.15, 0.2) is 0 Å². The number of rotatable bonds is 3. The summed E-state index contributed by atoms with van der Waals surface area (Å²) in [5.74, 6) is 0. The predicted octanol–water partition coefficient (Wildman–Crippen LogP) is 2.96. The minimum Gasteiger partial charge on any atom is -0.299 e. The van der Waals surface area contributed by atoms with Gasteiger partial charge in [0.1, 0.15) is 5.54 Å². The standard InChI is InChI=1S/C15H20N2/c1-13-4-6-14(7-5-13)8-10-15(12-16)9-2-3-11-17-15/h4-7,17H,2-3,8-11H2,1H3. The summed E-state index contributed by atoms with van der Waals surface area (Å²) in [6.07, 6.45) is 5.28. The second-order valence-electron chi connectivity index (χ2n) is 5.06. The molecule has 2 nitrogen and oxygen atoms in total. The molecule has 0 radical (unpaired) electrons. The van der Waals surface area contributed by atoms with Gasteiger partial charge in [-0.3, -0.25) is 5.32 Å². The third kappa shape index (κ3) is 3.08. The lowest BCUT2D eigenvalue weighted by atomic mass is 9.85. The summed E-state index contributed by atoms with van der Waals surface area (Å²) in [6, 6.07) is 11.1. The van der Waals surface area contributed by atoms with Gasteiger partial charge in [-0.25, -0.2) is 0 Å². The fourth-order valence-corrected chi connectivity index (χ4v) is 2.45. The van der Waals surface area contributed by atoms with E-state index in [1.54, 1.807) is 0 Å². The van der Waals surface area contributed by atoms with Crippen LogP contribution in [-0.4, -0.2) is 12.1 Å². The molecule has 0 bridgehead atoms. The van der Waals surface area contributed by atoms with Crippen LogP contribution in [0.4, 0.5) is 0 Å². The molecule has 1 unspecified atom stereocenters. The van der Waals surface area contributed by atoms with Gasteiger partial charge in [0.25, 0.3) is 0 Å². The molecule has 1 N–H and O–H groups in total. The van der Waals surface area contributed by atoms with Crippen LogP contribution in [-0.2, 0) is 6.42 Å². The van der Waals surface area contributed by atoms with Crippen LogP contribution in [0.2, 0.25) is 0 Å². The molecule has 90 valence electrons. The van der Waals surface area contributed by atoms with Crippen LogP contribution in [0.3, 0.4) is 0 Å². The summed E-state index contributed by atoms with van der Waals surface area (Å²) < 4.78 is 0. The van der Waals surface area contributed by atoms with Gasteiger partial charge in [-0.1, -0.05) is 29.8 Å². The first-order valence-corrected chi connectivity index (χ1v) is 6.46. The van der Waals surface area contributed by atoms with Gasteiger partial charge < -0.3 is 0 Å². The third-order valence-corrected chi connectivity index (χ3v) is 3.67. The topological polar surface area (TPSA) is 35.8 Å². The average molecular weight is 228 g/mol. The maximum Gasteiger partial charge on any atom is 0.107 e. The first-order valence-electron chi connectivity index (χ1n) is 6.46. The molecule has 0 spiro atoms. The van der Waals surface area contributed by atoms with Gasteiger partial charge in [0.2, 0.25) is 0 Å². The minimum atomic E-state index is -0.275. The Balaban J connectivity index is 1.96. The fourth-order valence-electron chi connectivity index (χ4n) is 2.45. The molecule has 2 rings (SSSR count). The van der Waals surface area contributed by atoms with Gasteiger partial charge in [-0.2, -0.15) is 5.26 Å². The summed E-state index contributed by atoms with van der Waals surface area (Å²) in [6.45, 7) is 3.09. The molecule has 1 saturated heterocycles. The maximum absolute atomic E-state index is 9.35. The van der Waals surface area contributed by atoms with Crippen molar-refractivity contribution in [3.63, 3.8) is 0 Å². The quantitative estimate of drug-likeness (QED) is 0.863. The summed E-state index contributed by atoms with van der Waals surface area (Å²) in [5.41, 5.74) is 2.35. The van der Waals surface area contributed by atoms with E-state index in [-0.39, 0.29) is 5.54 Å². The zero-order chi connectivity index (χ0) is 12.1. The van der Waals surface area contributed by atoms with E-state index in [9.17, 15) is 5.26 Å². The Labute approximate surface area is 104 Å². The van der Waals surface area contributed by atoms with Crippen molar-refractivity contribution in [2.45, 2.75) is 44.6 Å². The molecule has 0 aromatic heterocycles. The Morgan fingerprint density at radius 3 is 2.65 bits per heavy atom. The minimum absolute atomic E-state index is 0.275. The number of hydrogen-bond acceptors (Lipinski definition) is 2. The molecule has 1 fully saturated rings. The van der Waals surface area contributed by atoms with Gasteiger partial charge in [0, 0.05) is 0 Å². The molecule has 17 heavy (non-hydrogen) atoms. The highest BCUT2D eigenvalue weighted by Crippen LogP contribution is 2.24. The van der Waals surface area contributed by atoms with Gasteiger partial charge in [0.05, 0.1) is 6.07 Å². The lowest BCUT2D eigenvalue weighted by molar-refractivity contribution is 0.305. The van der Waals surface area contributed by atoms with Crippen LogP contribution < -0.4 is 5.32 Å². The van der Waals surface area contributed by atoms with Gasteiger partial charge >= 0.3 is 0 Å². The largest absolute Gasteiger partial charge is 0.299 e. The number of nitrogens with zero attached hydrogens (tertiary/aromatic N) is 1. The summed E-state index contributed by atoms with van der Waals surface area (Å²) in [7, 11) is 0. The van der Waals surface area contributed by atoms with E-state index in [1.807, 2.05) is 0 Å². The number of benzene rings is 1. The van der Waals surface area contributed by atoms with Crippen molar-refractivity contribution in [3.8, 4) is 6.07 Å². The van der Waals surface area contributed by atoms with Crippen LogP contribution in [0.1, 0.15) is 36.8 Å². The molecule has 1 atom stereocenters. The Morgan fingerprint density at radius 1 is 1.29 bits per heavy atom. The summed E-state index contributed by atoms with van der Waals surface area (Å²) >= 11 is 0. The molecular formula is C15H20N2. The summed E-state index contributed by atoms with van der Waals surface area (Å²) in [4.78, 5) is 0. The molecule has 0 amide bonds. The molecule has 2 heteroatoms. The molecule has 1 aliphatic heterocycles. The first-order chi connectivity index (χ1) is 8.24. The Hall–Kier alpha value is -1.33. The van der Waals surface area contributed by atoms with Crippen LogP contribution in [0, 0.1) is 18.3 Å². The number of nitrogens with one attached hydrogen (secondary N) is 1. The highest BCUT2D eigenvalue weighted by atomic mass is 15.0. The molecule has 1 aromatic rings. The number of piperidine rings is 1. The maximum atomic E-state index is 9.35. The highest BCUT2D eigenvalue weighted by Gasteiger charge is 2.30. The van der Waals surface area contributed by atoms with Crippen molar-refractivity contribution < 1.29 is 0 Å². The van der Waals surface area contributed by atoms with Crippen molar-refractivity contribution in [1.82, 2.24) is 5.32 Å². The van der Waals surface area contributed by atoms with Crippen molar-refractivity contribution in [2.24, 2.45) is 0 Å². The smallest absolute Gasteiger partial charge is 0.107 e. The third-order valence-electron chi connectivity index (χ3n) is 3.67. The van der Waals surface area contributed by atoms with Crippen LogP contribution in [0.15, 0.2) is 24.3 Å². The molecule has 0 saturated carbocycles. The normalized spacial score (nSPS) is 24.2. The van der Waals surface area contributed by atoms with Gasteiger partial charge in [-0.15, -0.1) is 0 Å².